The number of guanidine groups is 1. The summed E-state index contributed by atoms with van der Waals surface area (Å²) in [4.78, 5) is 53.4. The van der Waals surface area contributed by atoms with Crippen LogP contribution in [0.1, 0.15) is 25.3 Å². The molecule has 1 aromatic carbocycles. The molecule has 0 aliphatic heterocycles. The van der Waals surface area contributed by atoms with Gasteiger partial charge in [0.25, 0.3) is 0 Å². The van der Waals surface area contributed by atoms with Gasteiger partial charge in [0.2, 0.25) is 17.7 Å². The monoisotopic (exact) mass is 525 g/mol. The predicted molar refractivity (Wildman–Crippen MR) is 132 cm³/mol. The first kappa shape index (κ1) is 31.1. The maximum Gasteiger partial charge on any atom is 0.326 e. The van der Waals surface area contributed by atoms with Crippen LogP contribution >= 0.6 is 0 Å². The van der Waals surface area contributed by atoms with E-state index >= 15 is 0 Å². The summed E-state index contributed by atoms with van der Waals surface area (Å²) in [5, 5.41) is 45.0. The van der Waals surface area contributed by atoms with Crippen molar-refractivity contribution in [2.24, 2.45) is 22.2 Å². The lowest BCUT2D eigenvalue weighted by molar-refractivity contribution is -0.142. The minimum atomic E-state index is -1.51. The van der Waals surface area contributed by atoms with Crippen molar-refractivity contribution in [1.82, 2.24) is 16.0 Å². The van der Waals surface area contributed by atoms with Gasteiger partial charge in [-0.15, -0.1) is 0 Å². The SMILES string of the molecule is CC(O)C(N)C(=O)NC(CO)C(=O)NC(Cc1ccc(O)cc1)C(=O)NC(CCCN=C(N)N)C(=O)O. The fourth-order valence-electron chi connectivity index (χ4n) is 3.06. The number of carbonyl (C=O) groups excluding carboxylic acids is 3. The molecule has 15 heteroatoms. The Bertz CT molecular complexity index is 951. The number of aliphatic imine (C=N–C) groups is 1. The number of aromatic hydroxyl groups is 1. The van der Waals surface area contributed by atoms with Gasteiger partial charge in [0.1, 0.15) is 29.9 Å². The van der Waals surface area contributed by atoms with Gasteiger partial charge in [-0.3, -0.25) is 19.4 Å². The Morgan fingerprint density at radius 1 is 0.946 bits per heavy atom. The van der Waals surface area contributed by atoms with Crippen LogP contribution in [0, 0.1) is 0 Å². The largest absolute Gasteiger partial charge is 0.508 e. The van der Waals surface area contributed by atoms with Crippen LogP contribution in [0.5, 0.6) is 5.75 Å². The number of benzene rings is 1. The number of carboxylic acids is 1. The van der Waals surface area contributed by atoms with Gasteiger partial charge in [0, 0.05) is 13.0 Å². The van der Waals surface area contributed by atoms with E-state index < -0.39 is 60.6 Å². The highest BCUT2D eigenvalue weighted by Crippen LogP contribution is 2.12. The second-order valence-corrected chi connectivity index (χ2v) is 8.29. The third-order valence-electron chi connectivity index (χ3n) is 5.21. The number of nitrogens with two attached hydrogens (primary N) is 3. The molecular weight excluding hydrogens is 490 g/mol. The molecule has 0 fully saturated rings. The van der Waals surface area contributed by atoms with E-state index in [9.17, 15) is 39.6 Å². The number of aliphatic carboxylic acids is 1. The number of aliphatic hydroxyl groups excluding tert-OH is 2. The fourth-order valence-corrected chi connectivity index (χ4v) is 3.06. The normalized spacial score (nSPS) is 14.8. The van der Waals surface area contributed by atoms with Crippen LogP contribution in [-0.2, 0) is 25.6 Å². The van der Waals surface area contributed by atoms with E-state index in [1.807, 2.05) is 0 Å². The van der Waals surface area contributed by atoms with Gasteiger partial charge in [-0.2, -0.15) is 0 Å². The second-order valence-electron chi connectivity index (χ2n) is 8.29. The van der Waals surface area contributed by atoms with Gasteiger partial charge < -0.3 is 53.6 Å². The molecule has 0 radical (unpaired) electrons. The Balaban J connectivity index is 3.04. The van der Waals surface area contributed by atoms with Gasteiger partial charge in [-0.1, -0.05) is 12.1 Å². The molecule has 0 spiro atoms. The maximum atomic E-state index is 13.0. The van der Waals surface area contributed by atoms with E-state index in [1.165, 1.54) is 31.2 Å². The molecule has 3 amide bonds. The Hall–Kier alpha value is -3.95. The molecule has 5 unspecified atom stereocenters. The smallest absolute Gasteiger partial charge is 0.326 e. The second kappa shape index (κ2) is 15.2. The molecule has 0 saturated carbocycles. The summed E-state index contributed by atoms with van der Waals surface area (Å²) < 4.78 is 0. The lowest BCUT2D eigenvalue weighted by Gasteiger charge is -2.25. The zero-order valence-electron chi connectivity index (χ0n) is 20.3. The maximum absolute atomic E-state index is 13.0. The van der Waals surface area contributed by atoms with Crippen LogP contribution in [0.15, 0.2) is 29.3 Å². The number of nitrogens with one attached hydrogen (secondary N) is 3. The number of aliphatic hydroxyl groups is 2. The molecule has 0 heterocycles. The zero-order chi connectivity index (χ0) is 28.1. The van der Waals surface area contributed by atoms with Crippen LogP contribution in [-0.4, -0.2) is 93.5 Å². The molecule has 0 bridgehead atoms. The molecule has 0 aliphatic rings. The van der Waals surface area contributed by atoms with E-state index in [1.54, 1.807) is 0 Å². The van der Waals surface area contributed by atoms with Crippen LogP contribution < -0.4 is 33.2 Å². The molecular formula is C22H35N7O8. The molecule has 206 valence electrons. The van der Waals surface area contributed by atoms with E-state index in [2.05, 4.69) is 20.9 Å². The molecule has 13 N–H and O–H groups in total. The topological polar surface area (TPSA) is 276 Å². The highest BCUT2D eigenvalue weighted by Gasteiger charge is 2.30. The first-order chi connectivity index (χ1) is 17.3. The van der Waals surface area contributed by atoms with E-state index in [-0.39, 0.29) is 37.5 Å². The van der Waals surface area contributed by atoms with Gasteiger partial charge in [-0.05, 0) is 37.5 Å². The average Bonchev–Trinajstić information content (AvgIpc) is 2.83. The van der Waals surface area contributed by atoms with E-state index in [0.29, 0.717) is 5.56 Å². The van der Waals surface area contributed by atoms with Crippen molar-refractivity contribution in [3.63, 3.8) is 0 Å². The third-order valence-corrected chi connectivity index (χ3v) is 5.21. The van der Waals surface area contributed by atoms with Gasteiger partial charge in [0.05, 0.1) is 12.7 Å². The van der Waals surface area contributed by atoms with E-state index in [0.717, 1.165) is 0 Å². The lowest BCUT2D eigenvalue weighted by atomic mass is 10.0. The number of phenolic OH excluding ortho intramolecular Hbond substituents is 1. The third kappa shape index (κ3) is 11.1. The first-order valence-electron chi connectivity index (χ1n) is 11.4. The Morgan fingerprint density at radius 2 is 1.49 bits per heavy atom. The van der Waals surface area contributed by atoms with Crippen LogP contribution in [0.25, 0.3) is 0 Å². The summed E-state index contributed by atoms with van der Waals surface area (Å²) >= 11 is 0. The number of carboxylic acid groups (broad SMARTS) is 1. The molecule has 0 aliphatic carbocycles. The number of carbonyl (C=O) groups is 4. The summed E-state index contributed by atoms with van der Waals surface area (Å²) in [6.07, 6.45) is -1.11. The predicted octanol–water partition coefficient (Wildman–Crippen LogP) is -3.77. The minimum Gasteiger partial charge on any atom is -0.508 e. The fraction of sp³-hybridized carbons (Fsp3) is 0.500. The van der Waals surface area contributed by atoms with Crippen molar-refractivity contribution in [2.45, 2.75) is 56.5 Å². The molecule has 37 heavy (non-hydrogen) atoms. The summed E-state index contributed by atoms with van der Waals surface area (Å²) in [6.45, 7) is 0.564. The Morgan fingerprint density at radius 3 is 2.00 bits per heavy atom. The van der Waals surface area contributed by atoms with Crippen molar-refractivity contribution < 1.29 is 39.6 Å². The standard InChI is InChI=1S/C22H35N7O8/c1-11(31)17(23)20(35)29-16(10-30)19(34)28-15(9-12-4-6-13(32)7-5-12)18(33)27-14(21(36)37)3-2-8-26-22(24)25/h4-7,11,14-17,30-32H,2-3,8-10,23H2,1H3,(H,27,33)(H,28,34)(H,29,35)(H,36,37)(H4,24,25,26). The lowest BCUT2D eigenvalue weighted by Crippen LogP contribution is -2.59. The minimum absolute atomic E-state index is 0.00964. The summed E-state index contributed by atoms with van der Waals surface area (Å²) in [5.41, 5.74) is 16.5. The number of phenols is 1. The number of hydrogen-bond acceptors (Lipinski definition) is 9. The van der Waals surface area contributed by atoms with Crippen molar-refractivity contribution in [3.8, 4) is 5.75 Å². The molecule has 5 atom stereocenters. The number of rotatable bonds is 15. The highest BCUT2D eigenvalue weighted by molar-refractivity contribution is 5.94. The van der Waals surface area contributed by atoms with Crippen LogP contribution in [0.4, 0.5) is 0 Å². The van der Waals surface area contributed by atoms with Gasteiger partial charge in [-0.25, -0.2) is 4.79 Å². The van der Waals surface area contributed by atoms with Crippen molar-refractivity contribution in [1.29, 1.82) is 0 Å². The number of nitrogens with zero attached hydrogens (tertiary/aromatic N) is 1. The molecule has 1 rings (SSSR count). The molecule has 1 aromatic rings. The quantitative estimate of drug-likeness (QED) is 0.0602. The average molecular weight is 526 g/mol. The Kier molecular flexibility index (Phi) is 12.8. The van der Waals surface area contributed by atoms with Gasteiger partial charge >= 0.3 is 5.97 Å². The summed E-state index contributed by atoms with van der Waals surface area (Å²) in [7, 11) is 0. The first-order valence-corrected chi connectivity index (χ1v) is 11.4. The van der Waals surface area contributed by atoms with Crippen LogP contribution in [0.2, 0.25) is 0 Å². The highest BCUT2D eigenvalue weighted by atomic mass is 16.4. The zero-order valence-corrected chi connectivity index (χ0v) is 20.3. The van der Waals surface area contributed by atoms with Gasteiger partial charge in [0.15, 0.2) is 5.96 Å². The summed E-state index contributed by atoms with van der Waals surface area (Å²) in [5.74, 6) is -4.21. The number of amides is 3. The summed E-state index contributed by atoms with van der Waals surface area (Å²) in [6, 6.07) is 0.201. The van der Waals surface area contributed by atoms with Crippen LogP contribution in [0.3, 0.4) is 0 Å². The Labute approximate surface area is 213 Å². The van der Waals surface area contributed by atoms with Crippen molar-refractivity contribution in [3.05, 3.63) is 29.8 Å². The van der Waals surface area contributed by atoms with Crippen molar-refractivity contribution in [2.75, 3.05) is 13.2 Å². The van der Waals surface area contributed by atoms with E-state index in [4.69, 9.17) is 17.2 Å². The number of hydrogen-bond donors (Lipinski definition) is 10. The molecule has 0 aromatic heterocycles. The van der Waals surface area contributed by atoms with Crippen molar-refractivity contribution >= 4 is 29.7 Å². The molecule has 0 saturated heterocycles. The molecule has 15 nitrogen and oxygen atoms in total.